The van der Waals surface area contributed by atoms with E-state index >= 15 is 0 Å². The van der Waals surface area contributed by atoms with Gasteiger partial charge in [-0.1, -0.05) is 126 Å². The van der Waals surface area contributed by atoms with Crippen LogP contribution >= 0.6 is 0 Å². The molecule has 0 aliphatic heterocycles. The normalized spacial score (nSPS) is 13.3. The van der Waals surface area contributed by atoms with Crippen molar-refractivity contribution < 1.29 is 34.1 Å². The Morgan fingerprint density at radius 2 is 1.13 bits per heavy atom. The average molecular weight is 741 g/mol. The van der Waals surface area contributed by atoms with E-state index in [2.05, 4.69) is 91.3 Å². The lowest BCUT2D eigenvalue weighted by Crippen LogP contribution is -2.47. The Kier molecular flexibility index (Phi) is 35.3. The van der Waals surface area contributed by atoms with Gasteiger partial charge in [-0.15, -0.1) is 0 Å². The first-order chi connectivity index (χ1) is 25.8. The number of esters is 1. The summed E-state index contributed by atoms with van der Waals surface area (Å²) in [5.74, 6) is -2.44. The number of carboxylic acid groups (broad SMARTS) is 1. The number of aliphatic hydroxyl groups excluding tert-OH is 1. The number of carboxylic acids is 1. The number of amides is 2. The van der Waals surface area contributed by atoms with Crippen molar-refractivity contribution in [2.24, 2.45) is 0 Å². The molecule has 53 heavy (non-hydrogen) atoms. The Morgan fingerprint density at radius 1 is 0.604 bits per heavy atom. The number of unbranched alkanes of at least 4 members (excludes halogenated alkanes) is 11. The van der Waals surface area contributed by atoms with E-state index in [-0.39, 0.29) is 30.9 Å². The van der Waals surface area contributed by atoms with Gasteiger partial charge in [0.1, 0.15) is 12.1 Å². The SMILES string of the molecule is CC/C=C\C/C=C\C/C=C\C/C=C\C/C=C\CCCCCCCC(=O)OC(/C=C\CCCCC)CCCCCCC(=O)NCC(=O)NC(CO)C(=O)O. The van der Waals surface area contributed by atoms with Crippen molar-refractivity contribution in [1.29, 1.82) is 0 Å². The summed E-state index contributed by atoms with van der Waals surface area (Å²) in [5, 5.41) is 22.5. The highest BCUT2D eigenvalue weighted by Crippen LogP contribution is 2.14. The standard InChI is InChI=1S/C44H72N2O7/c1-3-5-7-9-10-11-12-13-14-15-16-17-18-19-20-21-22-23-24-26-32-36-43(50)53-39(33-29-25-8-6-4-2)34-30-27-28-31-35-41(48)45-37-42(49)46-40(38-47)44(51)52/h5,7,10-11,13-14,16-17,19-20,29,33,39-40,47H,3-4,6,8-9,12,15,18,21-28,30-32,34-38H2,1-2H3,(H,45,48)(H,46,49)(H,51,52)/b7-5-,11-10-,14-13-,17-16-,20-19-,33-29-. The van der Waals surface area contributed by atoms with Crippen LogP contribution in [0.5, 0.6) is 0 Å². The minimum absolute atomic E-state index is 0.138. The summed E-state index contributed by atoms with van der Waals surface area (Å²) in [6, 6.07) is -1.39. The minimum Gasteiger partial charge on any atom is -0.480 e. The molecule has 0 bridgehead atoms. The fraction of sp³-hybridized carbons (Fsp3) is 0.636. The minimum atomic E-state index is -1.39. The first kappa shape index (κ1) is 49.3. The predicted octanol–water partition coefficient (Wildman–Crippen LogP) is 9.54. The van der Waals surface area contributed by atoms with Gasteiger partial charge >= 0.3 is 11.9 Å². The zero-order valence-electron chi connectivity index (χ0n) is 33.0. The fourth-order valence-corrected chi connectivity index (χ4v) is 5.30. The first-order valence-corrected chi connectivity index (χ1v) is 20.3. The molecule has 0 aromatic heterocycles. The molecule has 2 unspecified atom stereocenters. The summed E-state index contributed by atoms with van der Waals surface area (Å²) in [6.07, 6.45) is 46.8. The largest absolute Gasteiger partial charge is 0.480 e. The highest BCUT2D eigenvalue weighted by atomic mass is 16.5. The maximum atomic E-state index is 12.6. The Bertz CT molecular complexity index is 1120. The van der Waals surface area contributed by atoms with E-state index in [0.717, 1.165) is 103 Å². The molecule has 0 saturated carbocycles. The Balaban J connectivity index is 4.13. The van der Waals surface area contributed by atoms with Crippen LogP contribution in [0.3, 0.4) is 0 Å². The van der Waals surface area contributed by atoms with Crippen LogP contribution in [-0.2, 0) is 23.9 Å². The van der Waals surface area contributed by atoms with Gasteiger partial charge in [0.2, 0.25) is 11.8 Å². The molecular formula is C44H72N2O7. The van der Waals surface area contributed by atoms with Crippen LogP contribution in [0.2, 0.25) is 0 Å². The molecule has 9 heteroatoms. The van der Waals surface area contributed by atoms with Crippen LogP contribution in [0.4, 0.5) is 0 Å². The van der Waals surface area contributed by atoms with Gasteiger partial charge < -0.3 is 25.6 Å². The van der Waals surface area contributed by atoms with Crippen molar-refractivity contribution >= 4 is 23.8 Å². The Hall–Kier alpha value is -3.72. The number of nitrogens with one attached hydrogen (secondary N) is 2. The summed E-state index contributed by atoms with van der Waals surface area (Å²) in [5.41, 5.74) is 0. The molecule has 0 aliphatic carbocycles. The van der Waals surface area contributed by atoms with Crippen LogP contribution in [0, 0.1) is 0 Å². The topological polar surface area (TPSA) is 142 Å². The maximum absolute atomic E-state index is 12.6. The summed E-state index contributed by atoms with van der Waals surface area (Å²) in [4.78, 5) is 47.3. The van der Waals surface area contributed by atoms with Gasteiger partial charge in [0.05, 0.1) is 13.2 Å². The van der Waals surface area contributed by atoms with Crippen molar-refractivity contribution in [3.63, 3.8) is 0 Å². The highest BCUT2D eigenvalue weighted by molar-refractivity contribution is 5.87. The van der Waals surface area contributed by atoms with Crippen molar-refractivity contribution in [3.8, 4) is 0 Å². The van der Waals surface area contributed by atoms with Crippen molar-refractivity contribution in [2.75, 3.05) is 13.2 Å². The third kappa shape index (κ3) is 35.1. The Labute approximate surface area is 321 Å². The molecule has 4 N–H and O–H groups in total. The van der Waals surface area contributed by atoms with Crippen molar-refractivity contribution in [1.82, 2.24) is 10.6 Å². The molecule has 2 amide bonds. The molecule has 0 aromatic carbocycles. The quantitative estimate of drug-likeness (QED) is 0.0288. The average Bonchev–Trinajstić information content (AvgIpc) is 3.14. The number of carbonyl (C=O) groups excluding carboxylic acids is 3. The number of aliphatic hydroxyl groups is 1. The van der Waals surface area contributed by atoms with E-state index in [1.165, 1.54) is 19.3 Å². The third-order valence-electron chi connectivity index (χ3n) is 8.42. The van der Waals surface area contributed by atoms with Gasteiger partial charge in [0.15, 0.2) is 0 Å². The molecule has 2 atom stereocenters. The van der Waals surface area contributed by atoms with Gasteiger partial charge in [-0.25, -0.2) is 4.79 Å². The van der Waals surface area contributed by atoms with Crippen LogP contribution in [0.25, 0.3) is 0 Å². The molecule has 0 aromatic rings. The van der Waals surface area contributed by atoms with Gasteiger partial charge in [-0.05, 0) is 89.5 Å². The van der Waals surface area contributed by atoms with E-state index in [9.17, 15) is 19.2 Å². The van der Waals surface area contributed by atoms with E-state index in [0.29, 0.717) is 12.8 Å². The van der Waals surface area contributed by atoms with Crippen LogP contribution in [-0.4, -0.2) is 59.3 Å². The second kappa shape index (κ2) is 38.0. The van der Waals surface area contributed by atoms with E-state index < -0.39 is 24.5 Å². The molecule has 0 saturated heterocycles. The van der Waals surface area contributed by atoms with Crippen LogP contribution < -0.4 is 10.6 Å². The molecular weight excluding hydrogens is 668 g/mol. The van der Waals surface area contributed by atoms with Crippen LogP contribution in [0.1, 0.15) is 155 Å². The van der Waals surface area contributed by atoms with Gasteiger partial charge in [-0.3, -0.25) is 14.4 Å². The molecule has 300 valence electrons. The van der Waals surface area contributed by atoms with Crippen molar-refractivity contribution in [2.45, 2.75) is 167 Å². The number of allylic oxidation sites excluding steroid dienone is 11. The number of ether oxygens (including phenoxy) is 1. The lowest BCUT2D eigenvalue weighted by molar-refractivity contribution is -0.147. The summed E-state index contributed by atoms with van der Waals surface area (Å²) >= 11 is 0. The molecule has 0 fully saturated rings. The predicted molar refractivity (Wildman–Crippen MR) is 217 cm³/mol. The summed E-state index contributed by atoms with van der Waals surface area (Å²) in [7, 11) is 0. The summed E-state index contributed by atoms with van der Waals surface area (Å²) in [6.45, 7) is 3.26. The van der Waals surface area contributed by atoms with Crippen molar-refractivity contribution in [3.05, 3.63) is 72.9 Å². The number of rotatable bonds is 35. The van der Waals surface area contributed by atoms with Gasteiger partial charge in [-0.2, -0.15) is 0 Å². The Morgan fingerprint density at radius 3 is 1.74 bits per heavy atom. The smallest absolute Gasteiger partial charge is 0.328 e. The zero-order chi connectivity index (χ0) is 39.0. The second-order valence-corrected chi connectivity index (χ2v) is 13.3. The van der Waals surface area contributed by atoms with Gasteiger partial charge in [0, 0.05) is 12.8 Å². The second-order valence-electron chi connectivity index (χ2n) is 13.3. The van der Waals surface area contributed by atoms with E-state index in [1.807, 2.05) is 6.08 Å². The number of aliphatic carboxylic acids is 1. The molecule has 0 spiro atoms. The third-order valence-corrected chi connectivity index (χ3v) is 8.42. The fourth-order valence-electron chi connectivity index (χ4n) is 5.30. The van der Waals surface area contributed by atoms with Crippen LogP contribution in [0.15, 0.2) is 72.9 Å². The molecule has 0 heterocycles. The monoisotopic (exact) mass is 741 g/mol. The number of hydrogen-bond acceptors (Lipinski definition) is 6. The lowest BCUT2D eigenvalue weighted by atomic mass is 10.1. The number of hydrogen-bond donors (Lipinski definition) is 4. The highest BCUT2D eigenvalue weighted by Gasteiger charge is 2.18. The van der Waals surface area contributed by atoms with E-state index in [1.54, 1.807) is 0 Å². The first-order valence-electron chi connectivity index (χ1n) is 20.3. The molecule has 0 rings (SSSR count). The molecule has 0 aliphatic rings. The molecule has 0 radical (unpaired) electrons. The zero-order valence-corrected chi connectivity index (χ0v) is 33.0. The van der Waals surface area contributed by atoms with Gasteiger partial charge in [0.25, 0.3) is 0 Å². The summed E-state index contributed by atoms with van der Waals surface area (Å²) < 4.78 is 5.85. The van der Waals surface area contributed by atoms with E-state index in [4.69, 9.17) is 14.9 Å². The molecule has 9 nitrogen and oxygen atoms in total. The number of carbonyl (C=O) groups is 4. The lowest BCUT2D eigenvalue weighted by Gasteiger charge is -2.15. The maximum Gasteiger partial charge on any atom is 0.328 e.